The first-order chi connectivity index (χ1) is 18.4. The van der Waals surface area contributed by atoms with Gasteiger partial charge in [-0.3, -0.25) is 9.59 Å². The number of nitrogens with one attached hydrogen (secondary N) is 1. The summed E-state index contributed by atoms with van der Waals surface area (Å²) in [5.74, 6) is 1.93. The summed E-state index contributed by atoms with van der Waals surface area (Å²) in [7, 11) is 4.74. The molecular formula is C31H38N2O5. The van der Waals surface area contributed by atoms with Crippen molar-refractivity contribution in [1.29, 1.82) is 0 Å². The van der Waals surface area contributed by atoms with Crippen molar-refractivity contribution in [2.24, 2.45) is 5.92 Å². The van der Waals surface area contributed by atoms with Gasteiger partial charge in [-0.15, -0.1) is 0 Å². The van der Waals surface area contributed by atoms with Crippen LogP contribution in [0.25, 0.3) is 0 Å². The lowest BCUT2D eigenvalue weighted by atomic mass is 10.0. The SMILES string of the molecule is COc1ccc(CN(C(=O)Cc2ccc(OC)c(OC)c2)[C@@H](C(=O)NCCC(C)C)c2ccccc2)cc1. The van der Waals surface area contributed by atoms with E-state index in [1.165, 1.54) is 0 Å². The molecular weight excluding hydrogens is 480 g/mol. The molecule has 3 rings (SSSR count). The van der Waals surface area contributed by atoms with Crippen LogP contribution in [0.15, 0.2) is 72.8 Å². The predicted octanol–water partition coefficient (Wildman–Crippen LogP) is 5.19. The third kappa shape index (κ3) is 7.75. The Kier molecular flexibility index (Phi) is 10.6. The zero-order valence-electron chi connectivity index (χ0n) is 22.9. The van der Waals surface area contributed by atoms with Crippen molar-refractivity contribution in [2.75, 3.05) is 27.9 Å². The number of hydrogen-bond donors (Lipinski definition) is 1. The van der Waals surface area contributed by atoms with Gasteiger partial charge >= 0.3 is 0 Å². The van der Waals surface area contributed by atoms with E-state index in [-0.39, 0.29) is 24.8 Å². The summed E-state index contributed by atoms with van der Waals surface area (Å²) in [6.07, 6.45) is 0.949. The highest BCUT2D eigenvalue weighted by Crippen LogP contribution is 2.29. The Labute approximate surface area is 225 Å². The van der Waals surface area contributed by atoms with Gasteiger partial charge in [0, 0.05) is 13.1 Å². The van der Waals surface area contributed by atoms with Crippen LogP contribution in [0.2, 0.25) is 0 Å². The Morgan fingerprint density at radius 1 is 0.816 bits per heavy atom. The number of rotatable bonds is 13. The largest absolute Gasteiger partial charge is 0.497 e. The van der Waals surface area contributed by atoms with Crippen molar-refractivity contribution in [3.8, 4) is 17.2 Å². The van der Waals surface area contributed by atoms with Crippen LogP contribution in [0.1, 0.15) is 43.0 Å². The van der Waals surface area contributed by atoms with Crippen LogP contribution >= 0.6 is 0 Å². The molecule has 0 saturated heterocycles. The summed E-state index contributed by atoms with van der Waals surface area (Å²) in [6.45, 7) is 5.03. The van der Waals surface area contributed by atoms with Gasteiger partial charge in [0.1, 0.15) is 11.8 Å². The smallest absolute Gasteiger partial charge is 0.247 e. The Balaban J connectivity index is 1.98. The molecule has 1 N–H and O–H groups in total. The molecule has 2 amide bonds. The number of hydrogen-bond acceptors (Lipinski definition) is 5. The van der Waals surface area contributed by atoms with Gasteiger partial charge in [-0.05, 0) is 53.3 Å². The Bertz CT molecular complexity index is 1180. The molecule has 0 bridgehead atoms. The van der Waals surface area contributed by atoms with Crippen LogP contribution in [0.5, 0.6) is 17.2 Å². The van der Waals surface area contributed by atoms with E-state index >= 15 is 0 Å². The minimum atomic E-state index is -0.793. The van der Waals surface area contributed by atoms with E-state index < -0.39 is 6.04 Å². The number of ether oxygens (including phenoxy) is 3. The van der Waals surface area contributed by atoms with E-state index in [2.05, 4.69) is 19.2 Å². The van der Waals surface area contributed by atoms with E-state index in [0.29, 0.717) is 24.0 Å². The highest BCUT2D eigenvalue weighted by atomic mass is 16.5. The lowest BCUT2D eigenvalue weighted by Crippen LogP contribution is -2.44. The van der Waals surface area contributed by atoms with E-state index in [1.807, 2.05) is 60.7 Å². The summed E-state index contributed by atoms with van der Waals surface area (Å²) in [5, 5.41) is 3.06. The van der Waals surface area contributed by atoms with Crippen molar-refractivity contribution in [1.82, 2.24) is 10.2 Å². The van der Waals surface area contributed by atoms with Crippen LogP contribution in [0, 0.1) is 5.92 Å². The normalized spacial score (nSPS) is 11.5. The van der Waals surface area contributed by atoms with Gasteiger partial charge in [0.05, 0.1) is 27.8 Å². The van der Waals surface area contributed by atoms with Crippen LogP contribution in [-0.4, -0.2) is 44.6 Å². The first-order valence-corrected chi connectivity index (χ1v) is 12.8. The molecule has 3 aromatic carbocycles. The van der Waals surface area contributed by atoms with E-state index in [0.717, 1.165) is 28.9 Å². The second-order valence-electron chi connectivity index (χ2n) is 9.52. The molecule has 0 aromatic heterocycles. The summed E-state index contributed by atoms with van der Waals surface area (Å²) >= 11 is 0. The highest BCUT2D eigenvalue weighted by Gasteiger charge is 2.31. The Hall–Kier alpha value is -4.00. The molecule has 7 nitrogen and oxygen atoms in total. The third-order valence-corrected chi connectivity index (χ3v) is 6.33. The molecule has 0 heterocycles. The number of carbonyl (C=O) groups excluding carboxylic acids is 2. The zero-order valence-corrected chi connectivity index (χ0v) is 22.9. The molecule has 38 heavy (non-hydrogen) atoms. The quantitative estimate of drug-likeness (QED) is 0.337. The number of amides is 2. The van der Waals surface area contributed by atoms with Gasteiger partial charge in [-0.25, -0.2) is 0 Å². The lowest BCUT2D eigenvalue weighted by Gasteiger charge is -2.32. The number of benzene rings is 3. The molecule has 1 atom stereocenters. The maximum absolute atomic E-state index is 13.9. The van der Waals surface area contributed by atoms with E-state index in [4.69, 9.17) is 14.2 Å². The topological polar surface area (TPSA) is 77.1 Å². The Morgan fingerprint density at radius 2 is 1.47 bits per heavy atom. The minimum absolute atomic E-state index is 0.0963. The first kappa shape index (κ1) is 28.6. The van der Waals surface area contributed by atoms with Crippen molar-refractivity contribution >= 4 is 11.8 Å². The molecule has 202 valence electrons. The summed E-state index contributed by atoms with van der Waals surface area (Å²) in [4.78, 5) is 29.2. The number of nitrogens with zero attached hydrogens (tertiary/aromatic N) is 1. The van der Waals surface area contributed by atoms with Crippen LogP contribution in [0.4, 0.5) is 0 Å². The van der Waals surface area contributed by atoms with Gasteiger partial charge in [0.15, 0.2) is 11.5 Å². The molecule has 0 fully saturated rings. The lowest BCUT2D eigenvalue weighted by molar-refractivity contribution is -0.141. The summed E-state index contributed by atoms with van der Waals surface area (Å²) in [6, 6.07) is 21.6. The molecule has 0 radical (unpaired) electrons. The Morgan fingerprint density at radius 3 is 2.08 bits per heavy atom. The monoisotopic (exact) mass is 518 g/mol. The molecule has 7 heteroatoms. The van der Waals surface area contributed by atoms with E-state index in [9.17, 15) is 9.59 Å². The van der Waals surface area contributed by atoms with Crippen molar-refractivity contribution in [3.63, 3.8) is 0 Å². The minimum Gasteiger partial charge on any atom is -0.497 e. The molecule has 0 saturated carbocycles. The van der Waals surface area contributed by atoms with E-state index in [1.54, 1.807) is 38.4 Å². The zero-order chi connectivity index (χ0) is 27.5. The average Bonchev–Trinajstić information content (AvgIpc) is 2.93. The molecule has 0 aliphatic heterocycles. The van der Waals surface area contributed by atoms with Crippen LogP contribution in [0.3, 0.4) is 0 Å². The predicted molar refractivity (Wildman–Crippen MR) is 148 cm³/mol. The number of methoxy groups -OCH3 is 3. The van der Waals surface area contributed by atoms with Gasteiger partial charge in [0.2, 0.25) is 11.8 Å². The highest BCUT2D eigenvalue weighted by molar-refractivity contribution is 5.89. The standard InChI is InChI=1S/C31H38N2O5/c1-22(2)17-18-32-31(35)30(25-9-7-6-8-10-25)33(21-23-11-14-26(36-3)15-12-23)29(34)20-24-13-16-27(37-4)28(19-24)38-5/h6-16,19,22,30H,17-18,20-21H2,1-5H3,(H,32,35)/t30-/m1/s1. The molecule has 0 aliphatic rings. The second kappa shape index (κ2) is 14.1. The fourth-order valence-electron chi connectivity index (χ4n) is 4.21. The van der Waals surface area contributed by atoms with Crippen molar-refractivity contribution < 1.29 is 23.8 Å². The van der Waals surface area contributed by atoms with Crippen molar-refractivity contribution in [2.45, 2.75) is 39.3 Å². The second-order valence-corrected chi connectivity index (χ2v) is 9.52. The van der Waals surface area contributed by atoms with Gasteiger partial charge < -0.3 is 24.4 Å². The molecule has 0 spiro atoms. The maximum atomic E-state index is 13.9. The fourth-order valence-corrected chi connectivity index (χ4v) is 4.21. The van der Waals surface area contributed by atoms with Crippen molar-refractivity contribution in [3.05, 3.63) is 89.5 Å². The van der Waals surface area contributed by atoms with Crippen LogP contribution < -0.4 is 19.5 Å². The van der Waals surface area contributed by atoms with Gasteiger partial charge in [0.25, 0.3) is 0 Å². The summed E-state index contributed by atoms with van der Waals surface area (Å²) in [5.41, 5.74) is 2.41. The summed E-state index contributed by atoms with van der Waals surface area (Å²) < 4.78 is 16.1. The van der Waals surface area contributed by atoms with Crippen LogP contribution in [-0.2, 0) is 22.6 Å². The maximum Gasteiger partial charge on any atom is 0.247 e. The van der Waals surface area contributed by atoms with Gasteiger partial charge in [-0.1, -0.05) is 62.4 Å². The fraction of sp³-hybridized carbons (Fsp3) is 0.355. The molecule has 0 unspecified atom stereocenters. The third-order valence-electron chi connectivity index (χ3n) is 6.33. The number of carbonyl (C=O) groups is 2. The first-order valence-electron chi connectivity index (χ1n) is 12.8. The molecule has 3 aromatic rings. The molecule has 0 aliphatic carbocycles. The van der Waals surface area contributed by atoms with Gasteiger partial charge in [-0.2, -0.15) is 0 Å². The average molecular weight is 519 g/mol.